The SMILES string of the molecule is Cc1ccc(-c2ccc(N=Nc3cc(S(=O)(=O)O)c4ccccc4c3N)cc2)cc1.[H-].[Na+]. The number of nitrogens with zero attached hydrogens (tertiary/aromatic N) is 2. The number of nitrogen functional groups attached to an aromatic ring is 1. The number of fused-ring (bicyclic) bond motifs is 1. The summed E-state index contributed by atoms with van der Waals surface area (Å²) in [5, 5.41) is 9.14. The summed E-state index contributed by atoms with van der Waals surface area (Å²) in [6.45, 7) is 2.04. The Morgan fingerprint density at radius 3 is 1.97 bits per heavy atom. The van der Waals surface area contributed by atoms with E-state index in [1.54, 1.807) is 24.3 Å². The molecule has 0 saturated heterocycles. The molecule has 0 radical (unpaired) electrons. The van der Waals surface area contributed by atoms with E-state index in [-0.39, 0.29) is 47.3 Å². The van der Waals surface area contributed by atoms with Gasteiger partial charge in [0.1, 0.15) is 10.6 Å². The third-order valence-corrected chi connectivity index (χ3v) is 5.72. The van der Waals surface area contributed by atoms with Gasteiger partial charge in [-0.05, 0) is 36.2 Å². The minimum Gasteiger partial charge on any atom is -1.00 e. The zero-order valence-corrected chi connectivity index (χ0v) is 20.0. The molecule has 0 aliphatic heterocycles. The van der Waals surface area contributed by atoms with Gasteiger partial charge in [0, 0.05) is 10.8 Å². The molecule has 8 heteroatoms. The average molecular weight is 441 g/mol. The fourth-order valence-electron chi connectivity index (χ4n) is 3.22. The molecule has 31 heavy (non-hydrogen) atoms. The zero-order valence-electron chi connectivity index (χ0n) is 18.1. The Balaban J connectivity index is 0.00000181. The van der Waals surface area contributed by atoms with Crippen LogP contribution in [0.5, 0.6) is 0 Å². The van der Waals surface area contributed by atoms with Crippen LogP contribution >= 0.6 is 0 Å². The second-order valence-electron chi connectivity index (χ2n) is 6.94. The van der Waals surface area contributed by atoms with Crippen LogP contribution in [-0.2, 0) is 10.1 Å². The average Bonchev–Trinajstić information content (AvgIpc) is 2.73. The zero-order chi connectivity index (χ0) is 21.3. The fourth-order valence-corrected chi connectivity index (χ4v) is 3.94. The van der Waals surface area contributed by atoms with Crippen molar-refractivity contribution in [1.82, 2.24) is 0 Å². The van der Waals surface area contributed by atoms with Gasteiger partial charge < -0.3 is 7.16 Å². The van der Waals surface area contributed by atoms with Gasteiger partial charge in [-0.1, -0.05) is 66.2 Å². The second-order valence-corrected chi connectivity index (χ2v) is 8.33. The number of aryl methyl sites for hydroxylation is 1. The van der Waals surface area contributed by atoms with Crippen molar-refractivity contribution in [2.75, 3.05) is 5.73 Å². The Kier molecular flexibility index (Phi) is 6.93. The second kappa shape index (κ2) is 9.30. The first-order valence-corrected chi connectivity index (χ1v) is 10.6. The van der Waals surface area contributed by atoms with Gasteiger partial charge in [0.05, 0.1) is 11.4 Å². The van der Waals surface area contributed by atoms with Gasteiger partial charge >= 0.3 is 29.6 Å². The Labute approximate surface area is 204 Å². The van der Waals surface area contributed by atoms with Gasteiger partial charge in [-0.3, -0.25) is 4.55 Å². The van der Waals surface area contributed by atoms with Gasteiger partial charge in [-0.2, -0.15) is 13.5 Å². The van der Waals surface area contributed by atoms with Crippen molar-refractivity contribution in [1.29, 1.82) is 0 Å². The Hall–Kier alpha value is -2.55. The molecule has 4 aromatic rings. The van der Waals surface area contributed by atoms with Crippen LogP contribution in [-0.4, -0.2) is 13.0 Å². The molecule has 4 rings (SSSR count). The summed E-state index contributed by atoms with van der Waals surface area (Å²) in [6, 6.07) is 23.6. The molecule has 0 atom stereocenters. The Bertz CT molecular complexity index is 1370. The third kappa shape index (κ3) is 5.03. The van der Waals surface area contributed by atoms with Crippen molar-refractivity contribution in [3.8, 4) is 11.1 Å². The van der Waals surface area contributed by atoms with Gasteiger partial charge in [0.25, 0.3) is 10.1 Å². The molecule has 0 amide bonds. The summed E-state index contributed by atoms with van der Waals surface area (Å²) in [4.78, 5) is -0.254. The van der Waals surface area contributed by atoms with E-state index in [1.165, 1.54) is 11.6 Å². The topological polar surface area (TPSA) is 105 Å². The summed E-state index contributed by atoms with van der Waals surface area (Å²) in [5.41, 5.74) is 10.6. The van der Waals surface area contributed by atoms with E-state index in [1.807, 2.05) is 31.2 Å². The van der Waals surface area contributed by atoms with Crippen molar-refractivity contribution < 1.29 is 44.0 Å². The first-order chi connectivity index (χ1) is 14.3. The maximum Gasteiger partial charge on any atom is 1.00 e. The summed E-state index contributed by atoms with van der Waals surface area (Å²) < 4.78 is 33.2. The van der Waals surface area contributed by atoms with Crippen LogP contribution in [0.25, 0.3) is 21.9 Å². The molecule has 0 fully saturated rings. The van der Waals surface area contributed by atoms with E-state index in [0.717, 1.165) is 11.1 Å². The summed E-state index contributed by atoms with van der Waals surface area (Å²) >= 11 is 0. The van der Waals surface area contributed by atoms with Crippen molar-refractivity contribution in [2.24, 2.45) is 10.2 Å². The normalized spacial score (nSPS) is 11.5. The fraction of sp³-hybridized carbons (Fsp3) is 0.0435. The summed E-state index contributed by atoms with van der Waals surface area (Å²) in [5.74, 6) is 0. The predicted molar refractivity (Wildman–Crippen MR) is 120 cm³/mol. The van der Waals surface area contributed by atoms with Crippen LogP contribution in [0, 0.1) is 6.92 Å². The first kappa shape index (κ1) is 23.1. The predicted octanol–water partition coefficient (Wildman–Crippen LogP) is 3.18. The largest absolute Gasteiger partial charge is 1.00 e. The van der Waals surface area contributed by atoms with E-state index in [0.29, 0.717) is 16.5 Å². The van der Waals surface area contributed by atoms with E-state index < -0.39 is 10.1 Å². The molecule has 152 valence electrons. The molecule has 0 aromatic heterocycles. The van der Waals surface area contributed by atoms with Gasteiger partial charge in [-0.15, -0.1) is 5.11 Å². The first-order valence-electron chi connectivity index (χ1n) is 9.20. The van der Waals surface area contributed by atoms with E-state index in [9.17, 15) is 13.0 Å². The number of rotatable bonds is 4. The van der Waals surface area contributed by atoms with E-state index >= 15 is 0 Å². The number of nitrogens with two attached hydrogens (primary N) is 1. The van der Waals surface area contributed by atoms with Crippen LogP contribution in [0.1, 0.15) is 6.99 Å². The molecule has 4 aromatic carbocycles. The molecule has 3 N–H and O–H groups in total. The van der Waals surface area contributed by atoms with Crippen molar-refractivity contribution in [2.45, 2.75) is 11.8 Å². The number of anilines is 1. The summed E-state index contributed by atoms with van der Waals surface area (Å²) in [7, 11) is -4.45. The number of hydrogen-bond donors (Lipinski definition) is 2. The molecule has 0 spiro atoms. The minimum atomic E-state index is -4.45. The molecular weight excluding hydrogens is 421 g/mol. The molecule has 0 bridgehead atoms. The molecule has 0 unspecified atom stereocenters. The smallest absolute Gasteiger partial charge is 1.00 e. The van der Waals surface area contributed by atoms with Crippen LogP contribution in [0.2, 0.25) is 0 Å². The molecule has 0 saturated carbocycles. The maximum atomic E-state index is 11.8. The number of azo groups is 1. The van der Waals surface area contributed by atoms with Gasteiger partial charge in [-0.25, -0.2) is 0 Å². The van der Waals surface area contributed by atoms with Crippen LogP contribution < -0.4 is 35.3 Å². The monoisotopic (exact) mass is 441 g/mol. The molecular formula is C23H20N3NaO3S. The Morgan fingerprint density at radius 1 is 0.839 bits per heavy atom. The quantitative estimate of drug-likeness (QED) is 0.220. The molecule has 6 nitrogen and oxygen atoms in total. The van der Waals surface area contributed by atoms with Gasteiger partial charge in [0.15, 0.2) is 0 Å². The van der Waals surface area contributed by atoms with Crippen LogP contribution in [0.3, 0.4) is 0 Å². The molecule has 0 aliphatic carbocycles. The van der Waals surface area contributed by atoms with E-state index in [2.05, 4.69) is 34.5 Å². The maximum absolute atomic E-state index is 11.8. The van der Waals surface area contributed by atoms with E-state index in [4.69, 9.17) is 5.73 Å². The van der Waals surface area contributed by atoms with Crippen molar-refractivity contribution in [3.63, 3.8) is 0 Å². The molecule has 0 aliphatic rings. The summed E-state index contributed by atoms with van der Waals surface area (Å²) in [6.07, 6.45) is 0. The molecule has 0 heterocycles. The van der Waals surface area contributed by atoms with Crippen LogP contribution in [0.15, 0.2) is 94.0 Å². The number of hydrogen-bond acceptors (Lipinski definition) is 5. The third-order valence-electron chi connectivity index (χ3n) is 4.83. The van der Waals surface area contributed by atoms with Gasteiger partial charge in [0.2, 0.25) is 0 Å². The Morgan fingerprint density at radius 2 is 1.39 bits per heavy atom. The van der Waals surface area contributed by atoms with Crippen LogP contribution in [0.4, 0.5) is 17.1 Å². The standard InChI is InChI=1S/C23H19N3O3S.Na.H/c1-15-6-8-16(9-7-15)17-10-12-18(13-11-17)25-26-21-14-22(30(27,28)29)19-4-2-3-5-20(19)23(21)24;;/h2-14H,24H2,1H3,(H,27,28,29);;/q;+1;-1. The number of benzene rings is 4. The van der Waals surface area contributed by atoms with Crippen molar-refractivity contribution >= 4 is 38.0 Å². The van der Waals surface area contributed by atoms with Crippen molar-refractivity contribution in [3.05, 3.63) is 84.4 Å². The minimum absolute atomic E-state index is 0.